The van der Waals surface area contributed by atoms with Gasteiger partial charge in [-0.05, 0) is 52.5 Å². The topological polar surface area (TPSA) is 128 Å². The summed E-state index contributed by atoms with van der Waals surface area (Å²) in [5, 5.41) is 8.42. The van der Waals surface area contributed by atoms with Crippen LogP contribution in [0.15, 0.2) is 18.5 Å². The molecule has 10 heteroatoms. The molecule has 0 bridgehead atoms. The van der Waals surface area contributed by atoms with Gasteiger partial charge in [0.25, 0.3) is 10.2 Å². The summed E-state index contributed by atoms with van der Waals surface area (Å²) in [6.45, 7) is 6.22. The molecule has 0 aliphatic heterocycles. The van der Waals surface area contributed by atoms with Crippen molar-refractivity contribution in [2.45, 2.75) is 64.6 Å². The van der Waals surface area contributed by atoms with E-state index >= 15 is 0 Å². The van der Waals surface area contributed by atoms with Crippen LogP contribution in [0.3, 0.4) is 0 Å². The Balaban J connectivity index is 1.67. The summed E-state index contributed by atoms with van der Waals surface area (Å²) in [6.07, 6.45) is 6.69. The Labute approximate surface area is 160 Å². The Morgan fingerprint density at radius 1 is 1.19 bits per heavy atom. The Morgan fingerprint density at radius 3 is 2.48 bits per heavy atom. The van der Waals surface area contributed by atoms with Crippen molar-refractivity contribution in [2.24, 2.45) is 5.14 Å². The molecule has 9 nitrogen and oxygen atoms in total. The van der Waals surface area contributed by atoms with Gasteiger partial charge in [-0.2, -0.15) is 13.1 Å². The number of hydrogen-bond acceptors (Lipinski definition) is 6. The largest absolute Gasteiger partial charge is 0.351 e. The molecule has 0 atom stereocenters. The predicted octanol–water partition coefficient (Wildman–Crippen LogP) is 1.75. The first-order chi connectivity index (χ1) is 12.7. The van der Waals surface area contributed by atoms with E-state index in [-0.39, 0.29) is 18.1 Å². The van der Waals surface area contributed by atoms with Gasteiger partial charge in [-0.25, -0.2) is 20.1 Å². The molecule has 0 spiro atoms. The second-order valence-electron chi connectivity index (χ2n) is 7.28. The molecule has 0 unspecified atom stereocenters. The Hall–Kier alpha value is -2.04. The van der Waals surface area contributed by atoms with Crippen molar-refractivity contribution in [3.63, 3.8) is 0 Å². The molecule has 0 radical (unpaired) electrons. The van der Waals surface area contributed by atoms with Gasteiger partial charge in [0.15, 0.2) is 0 Å². The SMILES string of the molecule is Cc1ncc(-c2ccnc(NC3CCC(NS(N)(=O)=O)CC3)n2)n1C(C)C. The molecule has 1 aliphatic rings. The third-order valence-corrected chi connectivity index (χ3v) is 5.47. The average molecular weight is 394 g/mol. The van der Waals surface area contributed by atoms with Gasteiger partial charge in [0.2, 0.25) is 5.95 Å². The molecule has 4 N–H and O–H groups in total. The molecule has 2 aromatic heterocycles. The minimum atomic E-state index is -3.65. The van der Waals surface area contributed by atoms with E-state index in [9.17, 15) is 8.42 Å². The van der Waals surface area contributed by atoms with E-state index in [1.807, 2.05) is 19.2 Å². The minimum absolute atomic E-state index is 0.103. The molecule has 1 saturated carbocycles. The van der Waals surface area contributed by atoms with Crippen molar-refractivity contribution in [3.05, 3.63) is 24.3 Å². The smallest absolute Gasteiger partial charge is 0.274 e. The Kier molecular flexibility index (Phi) is 5.78. The summed E-state index contributed by atoms with van der Waals surface area (Å²) in [5.74, 6) is 1.53. The van der Waals surface area contributed by atoms with Crippen LogP contribution in [0.2, 0.25) is 0 Å². The van der Waals surface area contributed by atoms with Gasteiger partial charge < -0.3 is 9.88 Å². The van der Waals surface area contributed by atoms with Crippen LogP contribution in [-0.4, -0.2) is 40.0 Å². The highest BCUT2D eigenvalue weighted by molar-refractivity contribution is 7.87. The molecule has 2 heterocycles. The second-order valence-corrected chi connectivity index (χ2v) is 8.60. The van der Waals surface area contributed by atoms with Crippen molar-refractivity contribution >= 4 is 16.2 Å². The standard InChI is InChI=1S/C17H27N7O2S/c1-11(2)24-12(3)20-10-16(24)15-8-9-19-17(22-15)21-13-4-6-14(7-5-13)23-27(18,25)26/h8-11,13-14,23H,4-7H2,1-3H3,(H2,18,25,26)(H,19,21,22). The summed E-state index contributed by atoms with van der Waals surface area (Å²) in [7, 11) is -3.65. The third-order valence-electron chi connectivity index (χ3n) is 4.81. The predicted molar refractivity (Wildman–Crippen MR) is 104 cm³/mol. The fourth-order valence-electron chi connectivity index (χ4n) is 3.64. The Bertz CT molecular complexity index is 886. The van der Waals surface area contributed by atoms with Crippen LogP contribution >= 0.6 is 0 Å². The summed E-state index contributed by atoms with van der Waals surface area (Å²) in [4.78, 5) is 13.4. The number of anilines is 1. The lowest BCUT2D eigenvalue weighted by Crippen LogP contribution is -2.43. The maximum atomic E-state index is 11.1. The summed E-state index contributed by atoms with van der Waals surface area (Å²) in [6, 6.07) is 2.27. The van der Waals surface area contributed by atoms with Crippen LogP contribution in [-0.2, 0) is 10.2 Å². The van der Waals surface area contributed by atoms with Crippen molar-refractivity contribution in [3.8, 4) is 11.4 Å². The first kappa shape index (κ1) is 19.7. The van der Waals surface area contributed by atoms with Gasteiger partial charge >= 0.3 is 0 Å². The van der Waals surface area contributed by atoms with Gasteiger partial charge in [-0.15, -0.1) is 0 Å². The molecule has 0 saturated heterocycles. The lowest BCUT2D eigenvalue weighted by Gasteiger charge is -2.29. The maximum absolute atomic E-state index is 11.1. The van der Waals surface area contributed by atoms with E-state index < -0.39 is 10.2 Å². The van der Waals surface area contributed by atoms with Gasteiger partial charge in [-0.1, -0.05) is 0 Å². The average Bonchev–Trinajstić information content (AvgIpc) is 2.97. The number of nitrogens with one attached hydrogen (secondary N) is 2. The van der Waals surface area contributed by atoms with Gasteiger partial charge in [0.1, 0.15) is 5.82 Å². The van der Waals surface area contributed by atoms with E-state index in [1.165, 1.54) is 0 Å². The lowest BCUT2D eigenvalue weighted by atomic mass is 9.92. The first-order valence-electron chi connectivity index (χ1n) is 9.17. The monoisotopic (exact) mass is 393 g/mol. The number of aromatic nitrogens is 4. The number of rotatable bonds is 6. The molecule has 27 heavy (non-hydrogen) atoms. The number of imidazole rings is 1. The van der Waals surface area contributed by atoms with E-state index in [4.69, 9.17) is 5.14 Å². The van der Waals surface area contributed by atoms with Crippen LogP contribution in [0.1, 0.15) is 51.4 Å². The summed E-state index contributed by atoms with van der Waals surface area (Å²) >= 11 is 0. The van der Waals surface area contributed by atoms with E-state index in [0.29, 0.717) is 5.95 Å². The number of nitrogens with zero attached hydrogens (tertiary/aromatic N) is 4. The zero-order valence-electron chi connectivity index (χ0n) is 15.9. The van der Waals surface area contributed by atoms with Gasteiger partial charge in [0, 0.05) is 24.3 Å². The van der Waals surface area contributed by atoms with Crippen molar-refractivity contribution in [1.82, 2.24) is 24.2 Å². The second kappa shape index (κ2) is 7.91. The van der Waals surface area contributed by atoms with E-state index in [2.05, 4.69) is 43.4 Å². The van der Waals surface area contributed by atoms with E-state index in [0.717, 1.165) is 42.9 Å². The lowest BCUT2D eigenvalue weighted by molar-refractivity contribution is 0.386. The molecule has 1 aliphatic carbocycles. The maximum Gasteiger partial charge on any atom is 0.274 e. The highest BCUT2D eigenvalue weighted by Crippen LogP contribution is 2.25. The normalized spacial score (nSPS) is 20.8. The number of hydrogen-bond donors (Lipinski definition) is 3. The van der Waals surface area contributed by atoms with Crippen LogP contribution in [0.25, 0.3) is 11.4 Å². The fourth-order valence-corrected chi connectivity index (χ4v) is 4.34. The highest BCUT2D eigenvalue weighted by Gasteiger charge is 2.24. The van der Waals surface area contributed by atoms with Crippen molar-refractivity contribution in [1.29, 1.82) is 0 Å². The van der Waals surface area contributed by atoms with Gasteiger partial charge in [0.05, 0.1) is 17.6 Å². The van der Waals surface area contributed by atoms with Crippen LogP contribution in [0.5, 0.6) is 0 Å². The Morgan fingerprint density at radius 2 is 1.85 bits per heavy atom. The third kappa shape index (κ3) is 5.02. The molecular formula is C17H27N7O2S. The zero-order valence-corrected chi connectivity index (χ0v) is 16.7. The van der Waals surface area contributed by atoms with Crippen LogP contribution < -0.4 is 15.2 Å². The van der Waals surface area contributed by atoms with Crippen LogP contribution in [0.4, 0.5) is 5.95 Å². The molecular weight excluding hydrogens is 366 g/mol. The molecule has 3 rings (SSSR count). The summed E-state index contributed by atoms with van der Waals surface area (Å²) < 4.78 is 26.9. The number of nitrogens with two attached hydrogens (primary N) is 1. The molecule has 0 aromatic carbocycles. The number of aryl methyl sites for hydroxylation is 1. The fraction of sp³-hybridized carbons (Fsp3) is 0.588. The first-order valence-corrected chi connectivity index (χ1v) is 10.7. The highest BCUT2D eigenvalue weighted by atomic mass is 32.2. The minimum Gasteiger partial charge on any atom is -0.351 e. The van der Waals surface area contributed by atoms with Crippen LogP contribution in [0, 0.1) is 6.92 Å². The van der Waals surface area contributed by atoms with Crippen molar-refractivity contribution < 1.29 is 8.42 Å². The molecule has 2 aromatic rings. The molecule has 1 fully saturated rings. The van der Waals surface area contributed by atoms with Gasteiger partial charge in [-0.3, -0.25) is 0 Å². The zero-order chi connectivity index (χ0) is 19.6. The quantitative estimate of drug-likeness (QED) is 0.686. The molecule has 148 valence electrons. The van der Waals surface area contributed by atoms with Crippen molar-refractivity contribution in [2.75, 3.05) is 5.32 Å². The van der Waals surface area contributed by atoms with E-state index in [1.54, 1.807) is 6.20 Å². The summed E-state index contributed by atoms with van der Waals surface area (Å²) in [5.41, 5.74) is 1.79. The molecule has 0 amide bonds.